The van der Waals surface area contributed by atoms with Crippen LogP contribution in [-0.4, -0.2) is 15.0 Å². The lowest BCUT2D eigenvalue weighted by Crippen LogP contribution is -2.15. The molecular weight excluding hydrogens is 635 g/mol. The topological polar surface area (TPSA) is 51.8 Å². The Hall–Kier alpha value is -6.65. The van der Waals surface area contributed by atoms with Gasteiger partial charge in [0.2, 0.25) is 0 Å². The lowest BCUT2D eigenvalue weighted by molar-refractivity contribution is 0.660. The van der Waals surface area contributed by atoms with Gasteiger partial charge in [0.05, 0.1) is 0 Å². The first-order valence-corrected chi connectivity index (χ1v) is 17.7. The largest absolute Gasteiger partial charge is 0.456 e. The maximum atomic E-state index is 6.41. The number of hydrogen-bond acceptors (Lipinski definition) is 4. The van der Waals surface area contributed by atoms with Crippen molar-refractivity contribution < 1.29 is 4.42 Å². The third-order valence-electron chi connectivity index (χ3n) is 10.6. The summed E-state index contributed by atoms with van der Waals surface area (Å²) in [7, 11) is 0. The number of fused-ring (bicyclic) bond motifs is 6. The van der Waals surface area contributed by atoms with Crippen LogP contribution in [0.1, 0.15) is 25.0 Å². The second-order valence-corrected chi connectivity index (χ2v) is 14.0. The fourth-order valence-electron chi connectivity index (χ4n) is 7.87. The summed E-state index contributed by atoms with van der Waals surface area (Å²) >= 11 is 0. The molecule has 0 fully saturated rings. The predicted molar refractivity (Wildman–Crippen MR) is 212 cm³/mol. The molecule has 0 amide bonds. The summed E-state index contributed by atoms with van der Waals surface area (Å²) in [5.74, 6) is 1.95. The molecule has 0 bridgehead atoms. The molecule has 0 saturated carbocycles. The van der Waals surface area contributed by atoms with Gasteiger partial charge in [-0.05, 0) is 68.8 Å². The van der Waals surface area contributed by atoms with Crippen LogP contribution in [0.3, 0.4) is 0 Å². The van der Waals surface area contributed by atoms with Crippen molar-refractivity contribution in [3.63, 3.8) is 0 Å². The summed E-state index contributed by atoms with van der Waals surface area (Å²) in [6.45, 7) is 4.59. The number of furan rings is 1. The molecule has 7 aromatic carbocycles. The van der Waals surface area contributed by atoms with Crippen LogP contribution < -0.4 is 0 Å². The summed E-state index contributed by atoms with van der Waals surface area (Å²) < 4.78 is 6.41. The van der Waals surface area contributed by atoms with Crippen molar-refractivity contribution in [2.24, 2.45) is 0 Å². The molecule has 10 rings (SSSR count). The number of aromatic nitrogens is 3. The number of nitrogens with zero attached hydrogens (tertiary/aromatic N) is 3. The van der Waals surface area contributed by atoms with Crippen LogP contribution in [0.15, 0.2) is 168 Å². The quantitative estimate of drug-likeness (QED) is 0.183. The molecule has 0 radical (unpaired) electrons. The van der Waals surface area contributed by atoms with Gasteiger partial charge in [0.25, 0.3) is 0 Å². The molecule has 4 heteroatoms. The summed E-state index contributed by atoms with van der Waals surface area (Å²) in [6.07, 6.45) is 0. The van der Waals surface area contributed by atoms with Crippen LogP contribution in [0.25, 0.3) is 89.5 Å². The van der Waals surface area contributed by atoms with Gasteiger partial charge in [-0.25, -0.2) is 15.0 Å². The maximum absolute atomic E-state index is 6.41. The van der Waals surface area contributed by atoms with Crippen LogP contribution in [0.5, 0.6) is 0 Å². The molecule has 0 atom stereocenters. The maximum Gasteiger partial charge on any atom is 0.164 e. The molecule has 0 saturated heterocycles. The smallest absolute Gasteiger partial charge is 0.164 e. The van der Waals surface area contributed by atoms with Crippen molar-refractivity contribution in [1.82, 2.24) is 15.0 Å². The van der Waals surface area contributed by atoms with E-state index in [0.29, 0.717) is 17.5 Å². The molecule has 1 aliphatic carbocycles. The van der Waals surface area contributed by atoms with E-state index in [1.165, 1.54) is 33.4 Å². The fourth-order valence-corrected chi connectivity index (χ4v) is 7.87. The Morgan fingerprint density at radius 1 is 0.385 bits per heavy atom. The Morgan fingerprint density at radius 2 is 0.942 bits per heavy atom. The van der Waals surface area contributed by atoms with E-state index >= 15 is 0 Å². The van der Waals surface area contributed by atoms with E-state index in [-0.39, 0.29) is 5.41 Å². The minimum absolute atomic E-state index is 0.120. The Morgan fingerprint density at radius 3 is 1.69 bits per heavy atom. The van der Waals surface area contributed by atoms with Crippen molar-refractivity contribution in [1.29, 1.82) is 0 Å². The van der Waals surface area contributed by atoms with Gasteiger partial charge < -0.3 is 4.42 Å². The van der Waals surface area contributed by atoms with Gasteiger partial charge in [-0.2, -0.15) is 0 Å². The van der Waals surface area contributed by atoms with Gasteiger partial charge in [0.1, 0.15) is 11.2 Å². The van der Waals surface area contributed by atoms with Crippen molar-refractivity contribution in [2.45, 2.75) is 19.3 Å². The minimum atomic E-state index is -0.120. The van der Waals surface area contributed by atoms with E-state index in [4.69, 9.17) is 19.4 Å². The van der Waals surface area contributed by atoms with Gasteiger partial charge in [0.15, 0.2) is 17.5 Å². The summed E-state index contributed by atoms with van der Waals surface area (Å²) in [5, 5.41) is 2.25. The van der Waals surface area contributed by atoms with E-state index in [1.54, 1.807) is 0 Å². The molecule has 52 heavy (non-hydrogen) atoms. The van der Waals surface area contributed by atoms with Crippen LogP contribution in [0.2, 0.25) is 0 Å². The predicted octanol–water partition coefficient (Wildman–Crippen LogP) is 12.4. The standard InChI is InChI=1S/C48H33N3O/c1-48(2)40-18-10-9-16-37(40)38-26-25-35(28-41(38)48)47-50-45(32-14-7-4-8-15-32)49-46(51-47)33-22-20-30(21-23-33)34-24-27-39-43(29-34)52-42-19-11-17-36(44(39)42)31-12-5-3-6-13-31/h3-29H,1-2H3. The molecule has 4 nitrogen and oxygen atoms in total. The lowest BCUT2D eigenvalue weighted by atomic mass is 9.82. The monoisotopic (exact) mass is 667 g/mol. The Labute approximate surface area is 302 Å². The fraction of sp³-hybridized carbons (Fsp3) is 0.0625. The third kappa shape index (κ3) is 4.87. The first-order valence-electron chi connectivity index (χ1n) is 17.7. The van der Waals surface area contributed by atoms with Crippen molar-refractivity contribution in [3.8, 4) is 67.5 Å². The highest BCUT2D eigenvalue weighted by Crippen LogP contribution is 2.49. The van der Waals surface area contributed by atoms with Gasteiger partial charge >= 0.3 is 0 Å². The number of rotatable bonds is 5. The lowest BCUT2D eigenvalue weighted by Gasteiger charge is -2.21. The molecule has 1 aliphatic rings. The molecule has 2 aromatic heterocycles. The molecular formula is C48H33N3O. The average molecular weight is 668 g/mol. The molecule has 0 N–H and O–H groups in total. The second-order valence-electron chi connectivity index (χ2n) is 14.0. The number of hydrogen-bond donors (Lipinski definition) is 0. The van der Waals surface area contributed by atoms with E-state index in [9.17, 15) is 0 Å². The zero-order valence-corrected chi connectivity index (χ0v) is 28.8. The van der Waals surface area contributed by atoms with E-state index in [2.05, 4.69) is 135 Å². The molecule has 0 aliphatic heterocycles. The Balaban J connectivity index is 1.03. The molecule has 246 valence electrons. The van der Waals surface area contributed by atoms with Crippen LogP contribution in [-0.2, 0) is 5.41 Å². The Kier molecular flexibility index (Phi) is 6.80. The normalized spacial score (nSPS) is 13.0. The minimum Gasteiger partial charge on any atom is -0.456 e. The highest BCUT2D eigenvalue weighted by Gasteiger charge is 2.35. The summed E-state index contributed by atoms with van der Waals surface area (Å²) in [5.41, 5.74) is 14.2. The SMILES string of the molecule is CC1(C)c2ccccc2-c2ccc(-c3nc(-c4ccccc4)nc(-c4ccc(-c5ccc6c(c5)oc5cccc(-c7ccccc7)c56)cc4)n3)cc21. The first-order chi connectivity index (χ1) is 25.5. The average Bonchev–Trinajstić information content (AvgIpc) is 3.70. The van der Waals surface area contributed by atoms with Gasteiger partial charge in [0, 0.05) is 32.9 Å². The molecule has 9 aromatic rings. The molecule has 0 unspecified atom stereocenters. The zero-order valence-electron chi connectivity index (χ0n) is 28.8. The van der Waals surface area contributed by atoms with E-state index < -0.39 is 0 Å². The van der Waals surface area contributed by atoms with Crippen LogP contribution in [0, 0.1) is 0 Å². The molecule has 2 heterocycles. The number of benzene rings is 7. The van der Waals surface area contributed by atoms with Crippen molar-refractivity contribution >= 4 is 21.9 Å². The highest BCUT2D eigenvalue weighted by molar-refractivity contribution is 6.13. The van der Waals surface area contributed by atoms with Crippen LogP contribution in [0.4, 0.5) is 0 Å². The second kappa shape index (κ2) is 11.7. The zero-order chi connectivity index (χ0) is 34.8. The van der Waals surface area contributed by atoms with Gasteiger partial charge in [-0.1, -0.05) is 153 Å². The van der Waals surface area contributed by atoms with Crippen molar-refractivity contribution in [2.75, 3.05) is 0 Å². The first kappa shape index (κ1) is 30.2. The van der Waals surface area contributed by atoms with Gasteiger partial charge in [-0.15, -0.1) is 0 Å². The van der Waals surface area contributed by atoms with Crippen molar-refractivity contribution in [3.05, 3.63) is 175 Å². The van der Waals surface area contributed by atoms with E-state index in [1.807, 2.05) is 42.5 Å². The molecule has 0 spiro atoms. The summed E-state index contributed by atoms with van der Waals surface area (Å²) in [6, 6.07) is 57.2. The Bertz CT molecular complexity index is 2800. The van der Waals surface area contributed by atoms with Crippen LogP contribution >= 0.6 is 0 Å². The summed E-state index contributed by atoms with van der Waals surface area (Å²) in [4.78, 5) is 15.1. The highest BCUT2D eigenvalue weighted by atomic mass is 16.3. The van der Waals surface area contributed by atoms with E-state index in [0.717, 1.165) is 49.8 Å². The third-order valence-corrected chi connectivity index (χ3v) is 10.6. The van der Waals surface area contributed by atoms with Gasteiger partial charge in [-0.3, -0.25) is 0 Å².